The van der Waals surface area contributed by atoms with Gasteiger partial charge in [0.25, 0.3) is 0 Å². The van der Waals surface area contributed by atoms with E-state index < -0.39 is 36.4 Å². The van der Waals surface area contributed by atoms with Crippen molar-refractivity contribution in [2.24, 2.45) is 5.92 Å². The van der Waals surface area contributed by atoms with Crippen molar-refractivity contribution in [2.45, 2.75) is 30.8 Å². The molecule has 1 fully saturated rings. The number of aliphatic carboxylic acids is 3. The van der Waals surface area contributed by atoms with Gasteiger partial charge in [0.1, 0.15) is 11.6 Å². The molecule has 12 heteroatoms. The Morgan fingerprint density at radius 1 is 1.00 bits per heavy atom. The molecule has 2 aliphatic heterocycles. The summed E-state index contributed by atoms with van der Waals surface area (Å²) in [5.74, 6) is -2.23. The van der Waals surface area contributed by atoms with Crippen LogP contribution in [0.15, 0.2) is 42.5 Å². The third-order valence-electron chi connectivity index (χ3n) is 6.00. The molecule has 2 aromatic carbocycles. The van der Waals surface area contributed by atoms with E-state index in [-0.39, 0.29) is 12.6 Å². The minimum atomic E-state index is -2.74. The maximum absolute atomic E-state index is 13.2. The minimum absolute atomic E-state index is 0.194. The number of nitrogens with one attached hydrogen (secondary N) is 1. The predicted molar refractivity (Wildman–Crippen MR) is 125 cm³/mol. The monoisotopic (exact) mass is 521 g/mol. The van der Waals surface area contributed by atoms with Gasteiger partial charge in [0.05, 0.1) is 19.4 Å². The van der Waals surface area contributed by atoms with Crippen molar-refractivity contribution in [1.29, 1.82) is 0 Å². The third kappa shape index (κ3) is 7.79. The van der Waals surface area contributed by atoms with Gasteiger partial charge in [-0.2, -0.15) is 0 Å². The maximum Gasteiger partial charge on any atom is 0.336 e. The summed E-state index contributed by atoms with van der Waals surface area (Å²) >= 11 is 0. The average Bonchev–Trinajstić information content (AvgIpc) is 3.31. The third-order valence-corrected chi connectivity index (χ3v) is 6.00. The van der Waals surface area contributed by atoms with Crippen LogP contribution in [0, 0.1) is 11.7 Å². The predicted octanol–water partition coefficient (Wildman–Crippen LogP) is 2.08. The number of rotatable bonds is 9. The summed E-state index contributed by atoms with van der Waals surface area (Å²) in [7, 11) is 0. The molecule has 0 unspecified atom stereocenters. The number of ether oxygens (including phenoxy) is 3. The molecule has 2 aromatic rings. The van der Waals surface area contributed by atoms with Gasteiger partial charge in [-0.25, -0.2) is 9.18 Å². The Kier molecular flexibility index (Phi) is 9.25. The number of hydrogen-bond donors (Lipinski definition) is 5. The molecular formula is C25H28FNO10. The molecule has 0 bridgehead atoms. The zero-order valence-corrected chi connectivity index (χ0v) is 19.8. The minimum Gasteiger partial charge on any atom is -0.493 e. The van der Waals surface area contributed by atoms with Crippen LogP contribution in [0.25, 0.3) is 0 Å². The van der Waals surface area contributed by atoms with E-state index in [2.05, 4.69) is 5.32 Å². The van der Waals surface area contributed by atoms with E-state index in [1.54, 1.807) is 0 Å². The Bertz CT molecular complexity index is 1090. The highest BCUT2D eigenvalue weighted by molar-refractivity contribution is 5.88. The molecule has 0 amide bonds. The molecular weight excluding hydrogens is 493 g/mol. The fourth-order valence-corrected chi connectivity index (χ4v) is 4.13. The first-order valence-corrected chi connectivity index (χ1v) is 11.5. The van der Waals surface area contributed by atoms with E-state index in [1.165, 1.54) is 17.7 Å². The lowest BCUT2D eigenvalue weighted by Crippen LogP contribution is -2.42. The van der Waals surface area contributed by atoms with Gasteiger partial charge in [-0.15, -0.1) is 0 Å². The van der Waals surface area contributed by atoms with E-state index in [0.717, 1.165) is 36.8 Å². The Hall–Kier alpha value is -3.90. The topological polar surface area (TPSA) is 172 Å². The van der Waals surface area contributed by atoms with Gasteiger partial charge in [-0.1, -0.05) is 12.1 Å². The van der Waals surface area contributed by atoms with Crippen LogP contribution < -0.4 is 19.5 Å². The van der Waals surface area contributed by atoms with Gasteiger partial charge in [0.2, 0.25) is 6.79 Å². The van der Waals surface area contributed by atoms with Crippen molar-refractivity contribution >= 4 is 17.9 Å². The number of carboxylic acids is 3. The van der Waals surface area contributed by atoms with Crippen molar-refractivity contribution in [2.75, 3.05) is 26.5 Å². The molecule has 0 radical (unpaired) electrons. The van der Waals surface area contributed by atoms with Crippen LogP contribution in [0.2, 0.25) is 0 Å². The van der Waals surface area contributed by atoms with Gasteiger partial charge in [-0.3, -0.25) is 9.59 Å². The van der Waals surface area contributed by atoms with Crippen LogP contribution in [0.1, 0.15) is 30.7 Å². The quantitative estimate of drug-likeness (QED) is 0.327. The lowest BCUT2D eigenvalue weighted by Gasteiger charge is -2.32. The van der Waals surface area contributed by atoms with Crippen molar-refractivity contribution in [3.8, 4) is 17.2 Å². The number of hydrogen-bond acceptors (Lipinski definition) is 8. The van der Waals surface area contributed by atoms with E-state index in [0.29, 0.717) is 18.4 Å². The second-order valence-electron chi connectivity index (χ2n) is 8.71. The number of benzene rings is 2. The number of aliphatic hydroxyl groups is 1. The second-order valence-corrected chi connectivity index (χ2v) is 8.71. The molecule has 200 valence electrons. The Morgan fingerprint density at radius 2 is 1.65 bits per heavy atom. The fraction of sp³-hybridized carbons (Fsp3) is 0.400. The molecule has 0 aromatic heterocycles. The Balaban J connectivity index is 0.000000251. The number of halogens is 1. The van der Waals surface area contributed by atoms with Crippen LogP contribution >= 0.6 is 0 Å². The second kappa shape index (κ2) is 12.4. The van der Waals surface area contributed by atoms with Crippen LogP contribution in [0.3, 0.4) is 0 Å². The Morgan fingerprint density at radius 3 is 2.27 bits per heavy atom. The SMILES string of the molecule is Fc1ccc([C@@H]2CCNC[C@H]2COc2ccc3c(c2)OCO3)cc1.O=C(O)CC(O)(CC(=O)O)C(=O)O. The van der Waals surface area contributed by atoms with Crippen molar-refractivity contribution in [3.05, 3.63) is 53.8 Å². The van der Waals surface area contributed by atoms with E-state index >= 15 is 0 Å². The number of piperidine rings is 1. The summed E-state index contributed by atoms with van der Waals surface area (Å²) in [6, 6.07) is 12.5. The van der Waals surface area contributed by atoms with E-state index in [4.69, 9.17) is 34.6 Å². The highest BCUT2D eigenvalue weighted by Crippen LogP contribution is 2.36. The van der Waals surface area contributed by atoms with Crippen LogP contribution in [-0.4, -0.2) is 70.4 Å². The molecule has 5 N–H and O–H groups in total. The summed E-state index contributed by atoms with van der Waals surface area (Å²) in [5, 5.41) is 37.2. The summed E-state index contributed by atoms with van der Waals surface area (Å²) in [6.45, 7) is 2.74. The number of fused-ring (bicyclic) bond motifs is 1. The Labute approximate surface area is 211 Å². The molecule has 2 aliphatic rings. The summed E-state index contributed by atoms with van der Waals surface area (Å²) in [5.41, 5.74) is -1.56. The van der Waals surface area contributed by atoms with E-state index in [9.17, 15) is 18.8 Å². The van der Waals surface area contributed by atoms with Crippen molar-refractivity contribution < 1.29 is 53.4 Å². The van der Waals surface area contributed by atoms with Crippen LogP contribution in [0.4, 0.5) is 4.39 Å². The summed E-state index contributed by atoms with van der Waals surface area (Å²) in [6.07, 6.45) is -1.26. The maximum atomic E-state index is 13.2. The summed E-state index contributed by atoms with van der Waals surface area (Å²) < 4.78 is 29.9. The van der Waals surface area contributed by atoms with Gasteiger partial charge in [0.15, 0.2) is 17.1 Å². The average molecular weight is 521 g/mol. The molecule has 1 saturated heterocycles. The van der Waals surface area contributed by atoms with Crippen molar-refractivity contribution in [3.63, 3.8) is 0 Å². The normalized spacial score (nSPS) is 18.3. The molecule has 2 heterocycles. The lowest BCUT2D eigenvalue weighted by atomic mass is 9.81. The molecule has 2 atom stereocenters. The van der Waals surface area contributed by atoms with Crippen LogP contribution in [-0.2, 0) is 14.4 Å². The first-order valence-electron chi connectivity index (χ1n) is 11.5. The summed E-state index contributed by atoms with van der Waals surface area (Å²) in [4.78, 5) is 30.5. The van der Waals surface area contributed by atoms with Gasteiger partial charge < -0.3 is 40.0 Å². The molecule has 37 heavy (non-hydrogen) atoms. The van der Waals surface area contributed by atoms with Gasteiger partial charge in [0, 0.05) is 18.5 Å². The highest BCUT2D eigenvalue weighted by atomic mass is 19.1. The first kappa shape index (κ1) is 27.7. The number of carbonyl (C=O) groups is 3. The largest absolute Gasteiger partial charge is 0.493 e. The zero-order valence-electron chi connectivity index (χ0n) is 19.8. The molecule has 11 nitrogen and oxygen atoms in total. The number of carboxylic acid groups (broad SMARTS) is 3. The molecule has 0 spiro atoms. The fourth-order valence-electron chi connectivity index (χ4n) is 4.13. The van der Waals surface area contributed by atoms with E-state index in [1.807, 2.05) is 30.3 Å². The molecule has 0 saturated carbocycles. The van der Waals surface area contributed by atoms with Crippen LogP contribution in [0.5, 0.6) is 17.2 Å². The molecule has 4 rings (SSSR count). The zero-order chi connectivity index (χ0) is 27.0. The molecule has 0 aliphatic carbocycles. The smallest absolute Gasteiger partial charge is 0.336 e. The van der Waals surface area contributed by atoms with Gasteiger partial charge >= 0.3 is 17.9 Å². The highest BCUT2D eigenvalue weighted by Gasteiger charge is 2.40. The lowest BCUT2D eigenvalue weighted by molar-refractivity contribution is -0.170. The standard InChI is InChI=1S/C19H20FNO3.C6H8O7/c20-15-3-1-13(2-4-15)17-7-8-21-10-14(17)11-22-16-5-6-18-19(9-16)24-12-23-18;7-3(8)1-6(13,5(11)12)2-4(9)10/h1-6,9,14,17,21H,7-8,10-12H2;13H,1-2H2,(H,7,8)(H,9,10)(H,11,12)/t14-,17-;/m0./s1. The van der Waals surface area contributed by atoms with Crippen molar-refractivity contribution in [1.82, 2.24) is 5.32 Å². The van der Waals surface area contributed by atoms with Gasteiger partial charge in [-0.05, 0) is 48.7 Å². The first-order chi connectivity index (χ1) is 17.6.